The molecule has 0 radical (unpaired) electrons. The van der Waals surface area contributed by atoms with Gasteiger partial charge in [-0.2, -0.15) is 0 Å². The van der Waals surface area contributed by atoms with Crippen molar-refractivity contribution in [3.63, 3.8) is 0 Å². The van der Waals surface area contributed by atoms with Gasteiger partial charge in [0.15, 0.2) is 5.75 Å². The molecule has 0 aliphatic carbocycles. The van der Waals surface area contributed by atoms with Crippen LogP contribution in [-0.4, -0.2) is 25.5 Å². The summed E-state index contributed by atoms with van der Waals surface area (Å²) in [4.78, 5) is 25.2. The Morgan fingerprint density at radius 1 is 0.590 bits per heavy atom. The van der Waals surface area contributed by atoms with Crippen LogP contribution in [0.4, 0.5) is 9.59 Å². The minimum absolute atomic E-state index is 0.299. The summed E-state index contributed by atoms with van der Waals surface area (Å²) < 4.78 is 22.2. The van der Waals surface area contributed by atoms with Crippen LogP contribution in [0.2, 0.25) is 5.02 Å². The van der Waals surface area contributed by atoms with Crippen LogP contribution in [0.25, 0.3) is 21.5 Å². The standard InChI is InChI=1S/C32H41ClO6/c1-3-5-7-9-11-15-21-36-31(34)38-29-25-17-13-14-18-26(25)30(28-23-24(33)19-20-27(28)29)39-32(35)37-22-16-12-10-8-6-4-2/h13-14,17-20,23H,3-12,15-16,21-22H2,1-2H3. The van der Waals surface area contributed by atoms with Crippen molar-refractivity contribution < 1.29 is 28.5 Å². The monoisotopic (exact) mass is 556 g/mol. The zero-order valence-corrected chi connectivity index (χ0v) is 24.0. The first kappa shape index (κ1) is 30.6. The molecule has 3 rings (SSSR count). The Morgan fingerprint density at radius 3 is 1.54 bits per heavy atom. The van der Waals surface area contributed by atoms with Crippen molar-refractivity contribution in [3.8, 4) is 11.5 Å². The molecule has 0 heterocycles. The van der Waals surface area contributed by atoms with Crippen molar-refractivity contribution in [2.24, 2.45) is 0 Å². The fourth-order valence-corrected chi connectivity index (χ4v) is 4.77. The number of benzene rings is 3. The normalized spacial score (nSPS) is 11.1. The molecule has 0 unspecified atom stereocenters. The predicted molar refractivity (Wildman–Crippen MR) is 157 cm³/mol. The summed E-state index contributed by atoms with van der Waals surface area (Å²) in [5.41, 5.74) is 0. The lowest BCUT2D eigenvalue weighted by atomic mass is 10.0. The number of ether oxygens (including phenoxy) is 4. The number of rotatable bonds is 16. The van der Waals surface area contributed by atoms with Gasteiger partial charge in [-0.15, -0.1) is 0 Å². The van der Waals surface area contributed by atoms with Gasteiger partial charge in [-0.3, -0.25) is 0 Å². The molecule has 0 aliphatic heterocycles. The first-order chi connectivity index (χ1) is 19.0. The van der Waals surface area contributed by atoms with E-state index in [1.54, 1.807) is 24.3 Å². The van der Waals surface area contributed by atoms with Gasteiger partial charge >= 0.3 is 12.3 Å². The summed E-state index contributed by atoms with van der Waals surface area (Å²) >= 11 is 6.32. The van der Waals surface area contributed by atoms with Crippen LogP contribution in [-0.2, 0) is 9.47 Å². The Morgan fingerprint density at radius 2 is 1.03 bits per heavy atom. The second-order valence-electron chi connectivity index (χ2n) is 9.83. The van der Waals surface area contributed by atoms with Crippen LogP contribution < -0.4 is 9.47 Å². The molecule has 3 aromatic carbocycles. The maximum atomic E-state index is 12.6. The van der Waals surface area contributed by atoms with Gasteiger partial charge in [0.2, 0.25) is 0 Å². The summed E-state index contributed by atoms with van der Waals surface area (Å²) in [7, 11) is 0. The van der Waals surface area contributed by atoms with Crippen LogP contribution in [0, 0.1) is 0 Å². The van der Waals surface area contributed by atoms with Crippen LogP contribution in [0.15, 0.2) is 42.5 Å². The van der Waals surface area contributed by atoms with Crippen molar-refractivity contribution in [1.29, 1.82) is 0 Å². The smallest absolute Gasteiger partial charge is 0.434 e. The Balaban J connectivity index is 1.73. The molecule has 212 valence electrons. The maximum absolute atomic E-state index is 12.6. The number of hydrogen-bond donors (Lipinski definition) is 0. The van der Waals surface area contributed by atoms with E-state index >= 15 is 0 Å². The molecule has 7 heteroatoms. The van der Waals surface area contributed by atoms with E-state index in [-0.39, 0.29) is 0 Å². The van der Waals surface area contributed by atoms with Gasteiger partial charge in [0.25, 0.3) is 0 Å². The minimum Gasteiger partial charge on any atom is -0.434 e. The van der Waals surface area contributed by atoms with Crippen LogP contribution in [0.5, 0.6) is 11.5 Å². The third-order valence-corrected chi connectivity index (χ3v) is 6.93. The fraction of sp³-hybridized carbons (Fsp3) is 0.500. The van der Waals surface area contributed by atoms with Crippen LogP contribution in [0.1, 0.15) is 90.9 Å². The van der Waals surface area contributed by atoms with Gasteiger partial charge < -0.3 is 18.9 Å². The lowest BCUT2D eigenvalue weighted by molar-refractivity contribution is 0.0965. The highest BCUT2D eigenvalue weighted by atomic mass is 35.5. The average molecular weight is 557 g/mol. The Hall–Kier alpha value is -2.99. The molecule has 0 saturated heterocycles. The zero-order chi connectivity index (χ0) is 27.9. The molecular formula is C32H41ClO6. The minimum atomic E-state index is -0.776. The average Bonchev–Trinajstić information content (AvgIpc) is 2.93. The van der Waals surface area contributed by atoms with Crippen molar-refractivity contribution in [3.05, 3.63) is 47.5 Å². The summed E-state index contributed by atoms with van der Waals surface area (Å²) in [6.07, 6.45) is 11.6. The lowest BCUT2D eigenvalue weighted by Gasteiger charge is -2.16. The molecule has 0 atom stereocenters. The molecule has 0 N–H and O–H groups in total. The lowest BCUT2D eigenvalue weighted by Crippen LogP contribution is -2.14. The Kier molecular flexibility index (Phi) is 13.2. The Bertz CT molecular complexity index is 1210. The quantitative estimate of drug-likeness (QED) is 0.0756. The van der Waals surface area contributed by atoms with Crippen molar-refractivity contribution in [2.45, 2.75) is 90.9 Å². The van der Waals surface area contributed by atoms with E-state index in [1.807, 2.05) is 18.2 Å². The molecule has 0 aliphatic rings. The van der Waals surface area contributed by atoms with Crippen molar-refractivity contribution >= 4 is 45.5 Å². The van der Waals surface area contributed by atoms with Gasteiger partial charge in [-0.1, -0.05) is 114 Å². The second kappa shape index (κ2) is 16.9. The van der Waals surface area contributed by atoms with Gasteiger partial charge in [0.05, 0.1) is 13.2 Å². The summed E-state index contributed by atoms with van der Waals surface area (Å²) in [6.45, 7) is 4.97. The maximum Gasteiger partial charge on any atom is 0.513 e. The van der Waals surface area contributed by atoms with Gasteiger partial charge in [-0.25, -0.2) is 9.59 Å². The summed E-state index contributed by atoms with van der Waals surface area (Å²) in [6, 6.07) is 12.4. The molecule has 0 aromatic heterocycles. The second-order valence-corrected chi connectivity index (χ2v) is 10.3. The summed E-state index contributed by atoms with van der Waals surface area (Å²) in [5.74, 6) is 0.641. The molecular weight excluding hydrogens is 516 g/mol. The van der Waals surface area contributed by atoms with E-state index in [9.17, 15) is 9.59 Å². The van der Waals surface area contributed by atoms with Crippen molar-refractivity contribution in [2.75, 3.05) is 13.2 Å². The first-order valence-electron chi connectivity index (χ1n) is 14.4. The largest absolute Gasteiger partial charge is 0.513 e. The van der Waals surface area contributed by atoms with Gasteiger partial charge in [-0.05, 0) is 31.0 Å². The van der Waals surface area contributed by atoms with E-state index in [1.165, 1.54) is 38.5 Å². The molecule has 6 nitrogen and oxygen atoms in total. The highest BCUT2D eigenvalue weighted by Gasteiger charge is 2.21. The van der Waals surface area contributed by atoms with Crippen LogP contribution >= 0.6 is 11.6 Å². The third-order valence-electron chi connectivity index (χ3n) is 6.69. The molecule has 0 bridgehead atoms. The molecule has 0 amide bonds. The van der Waals surface area contributed by atoms with E-state index < -0.39 is 12.3 Å². The topological polar surface area (TPSA) is 71.1 Å². The van der Waals surface area contributed by atoms with E-state index in [2.05, 4.69) is 13.8 Å². The fourth-order valence-electron chi connectivity index (χ4n) is 4.59. The Labute approximate surface area is 236 Å². The highest BCUT2D eigenvalue weighted by Crippen LogP contribution is 2.44. The molecule has 0 spiro atoms. The third kappa shape index (κ3) is 9.61. The van der Waals surface area contributed by atoms with Gasteiger partial charge in [0, 0.05) is 26.6 Å². The molecule has 39 heavy (non-hydrogen) atoms. The van der Waals surface area contributed by atoms with Gasteiger partial charge in [0.1, 0.15) is 5.75 Å². The SMILES string of the molecule is CCCCCCCCOC(=O)Oc1c2ccccc2c(OC(=O)OCCCCCCCC)c2cc(Cl)ccc12. The number of fused-ring (bicyclic) bond motifs is 2. The highest BCUT2D eigenvalue weighted by molar-refractivity contribution is 6.31. The van der Waals surface area contributed by atoms with Crippen LogP contribution in [0.3, 0.4) is 0 Å². The van der Waals surface area contributed by atoms with E-state index in [4.69, 9.17) is 30.5 Å². The first-order valence-corrected chi connectivity index (χ1v) is 14.8. The number of carbonyl (C=O) groups excluding carboxylic acids is 2. The zero-order valence-electron chi connectivity index (χ0n) is 23.3. The number of halogens is 1. The number of hydrogen-bond acceptors (Lipinski definition) is 6. The summed E-state index contributed by atoms with van der Waals surface area (Å²) in [5, 5.41) is 2.79. The number of carbonyl (C=O) groups is 2. The van der Waals surface area contributed by atoms with Crippen molar-refractivity contribution in [1.82, 2.24) is 0 Å². The molecule has 0 saturated carbocycles. The van der Waals surface area contributed by atoms with E-state index in [0.717, 1.165) is 38.5 Å². The predicted octanol–water partition coefficient (Wildman–Crippen LogP) is 10.4. The van der Waals surface area contributed by atoms with E-state index in [0.29, 0.717) is 51.3 Å². The molecule has 0 fully saturated rings. The molecule has 3 aromatic rings. The number of unbranched alkanes of at least 4 members (excludes halogenated alkanes) is 10.